The molecule has 1 aromatic heterocycles. The van der Waals surface area contributed by atoms with E-state index in [4.69, 9.17) is 5.11 Å². The summed E-state index contributed by atoms with van der Waals surface area (Å²) in [7, 11) is 0. The number of amides is 1. The molecule has 0 aliphatic rings. The number of aliphatic carboxylic acids is 1. The van der Waals surface area contributed by atoms with Crippen molar-refractivity contribution in [2.24, 2.45) is 0 Å². The standard InChI is InChI=1S/C10H10N4O3/c15-8(4-5-9(16)17)11-6-2-1-3-7-10(6)13-14-12-7/h1-3H,4-5H2,(H,11,15)(H,16,17)(H,12,13,14). The van der Waals surface area contributed by atoms with Crippen LogP contribution in [0.4, 0.5) is 5.69 Å². The number of para-hydroxylation sites is 1. The fraction of sp³-hybridized carbons (Fsp3) is 0.200. The van der Waals surface area contributed by atoms with Gasteiger partial charge in [0.2, 0.25) is 5.91 Å². The number of H-pyrrole nitrogens is 1. The fourth-order valence-electron chi connectivity index (χ4n) is 1.40. The second kappa shape index (κ2) is 4.60. The molecule has 17 heavy (non-hydrogen) atoms. The Kier molecular flexibility index (Phi) is 2.99. The predicted octanol–water partition coefficient (Wildman–Crippen LogP) is 0.761. The van der Waals surface area contributed by atoms with Crippen molar-refractivity contribution in [2.45, 2.75) is 12.8 Å². The third-order valence-corrected chi connectivity index (χ3v) is 2.19. The second-order valence-corrected chi connectivity index (χ2v) is 3.44. The van der Waals surface area contributed by atoms with Crippen LogP contribution >= 0.6 is 0 Å². The van der Waals surface area contributed by atoms with Gasteiger partial charge in [0.25, 0.3) is 0 Å². The lowest BCUT2D eigenvalue weighted by Crippen LogP contribution is -2.13. The van der Waals surface area contributed by atoms with Gasteiger partial charge in [-0.1, -0.05) is 6.07 Å². The van der Waals surface area contributed by atoms with E-state index in [0.717, 1.165) is 0 Å². The van der Waals surface area contributed by atoms with Crippen LogP contribution in [0.1, 0.15) is 12.8 Å². The number of nitrogens with one attached hydrogen (secondary N) is 2. The van der Waals surface area contributed by atoms with Crippen LogP contribution in [0.5, 0.6) is 0 Å². The average Bonchev–Trinajstić information content (AvgIpc) is 2.75. The zero-order valence-electron chi connectivity index (χ0n) is 8.80. The maximum atomic E-state index is 11.4. The number of rotatable bonds is 4. The van der Waals surface area contributed by atoms with Gasteiger partial charge in [-0.05, 0) is 12.1 Å². The van der Waals surface area contributed by atoms with E-state index >= 15 is 0 Å². The van der Waals surface area contributed by atoms with Crippen LogP contribution in [0.15, 0.2) is 18.2 Å². The smallest absolute Gasteiger partial charge is 0.303 e. The Labute approximate surface area is 95.8 Å². The zero-order valence-corrected chi connectivity index (χ0v) is 8.80. The molecular formula is C10H10N4O3. The molecule has 0 saturated heterocycles. The Morgan fingerprint density at radius 2 is 2.12 bits per heavy atom. The first kappa shape index (κ1) is 11.1. The van der Waals surface area contributed by atoms with Crippen molar-refractivity contribution in [3.63, 3.8) is 0 Å². The molecule has 88 valence electrons. The van der Waals surface area contributed by atoms with Gasteiger partial charge in [0.15, 0.2) is 0 Å². The van der Waals surface area contributed by atoms with Crippen molar-refractivity contribution in [3.05, 3.63) is 18.2 Å². The quantitative estimate of drug-likeness (QED) is 0.723. The van der Waals surface area contributed by atoms with Gasteiger partial charge in [-0.2, -0.15) is 15.4 Å². The lowest BCUT2D eigenvalue weighted by atomic mass is 10.2. The minimum absolute atomic E-state index is 0.0659. The highest BCUT2D eigenvalue weighted by atomic mass is 16.4. The van der Waals surface area contributed by atoms with Crippen LogP contribution in [0.25, 0.3) is 11.0 Å². The molecule has 3 N–H and O–H groups in total. The number of aromatic amines is 1. The molecule has 0 unspecified atom stereocenters. The van der Waals surface area contributed by atoms with E-state index in [1.165, 1.54) is 0 Å². The summed E-state index contributed by atoms with van der Waals surface area (Å²) in [5.41, 5.74) is 1.71. The van der Waals surface area contributed by atoms with Crippen LogP contribution in [-0.4, -0.2) is 32.4 Å². The number of carbonyl (C=O) groups is 2. The molecule has 1 heterocycles. The van der Waals surface area contributed by atoms with Crippen LogP contribution in [-0.2, 0) is 9.59 Å². The van der Waals surface area contributed by atoms with Gasteiger partial charge in [0.1, 0.15) is 11.0 Å². The summed E-state index contributed by atoms with van der Waals surface area (Å²) < 4.78 is 0. The number of carboxylic acids is 1. The van der Waals surface area contributed by atoms with Crippen LogP contribution in [0.2, 0.25) is 0 Å². The highest BCUT2D eigenvalue weighted by Crippen LogP contribution is 2.18. The van der Waals surface area contributed by atoms with Crippen molar-refractivity contribution >= 4 is 28.6 Å². The normalized spacial score (nSPS) is 10.4. The van der Waals surface area contributed by atoms with E-state index in [1.54, 1.807) is 18.2 Å². The lowest BCUT2D eigenvalue weighted by Gasteiger charge is -2.03. The lowest BCUT2D eigenvalue weighted by molar-refractivity contribution is -0.138. The number of anilines is 1. The Morgan fingerprint density at radius 3 is 2.88 bits per heavy atom. The third-order valence-electron chi connectivity index (χ3n) is 2.19. The molecule has 2 aromatic rings. The van der Waals surface area contributed by atoms with Gasteiger partial charge in [0, 0.05) is 6.42 Å². The predicted molar refractivity (Wildman–Crippen MR) is 59.4 cm³/mol. The first-order valence-corrected chi connectivity index (χ1v) is 4.98. The summed E-state index contributed by atoms with van der Waals surface area (Å²) in [4.78, 5) is 21.8. The highest BCUT2D eigenvalue weighted by Gasteiger charge is 2.09. The van der Waals surface area contributed by atoms with E-state index in [-0.39, 0.29) is 18.7 Å². The summed E-state index contributed by atoms with van der Waals surface area (Å²) in [6, 6.07) is 5.17. The Bertz CT molecular complexity index is 563. The Morgan fingerprint density at radius 1 is 1.29 bits per heavy atom. The Balaban J connectivity index is 2.10. The van der Waals surface area contributed by atoms with Gasteiger partial charge in [0.05, 0.1) is 12.1 Å². The van der Waals surface area contributed by atoms with Gasteiger partial charge in [-0.3, -0.25) is 9.59 Å². The largest absolute Gasteiger partial charge is 0.481 e. The van der Waals surface area contributed by atoms with Gasteiger partial charge < -0.3 is 10.4 Å². The first-order valence-electron chi connectivity index (χ1n) is 4.98. The van der Waals surface area contributed by atoms with Gasteiger partial charge >= 0.3 is 5.97 Å². The summed E-state index contributed by atoms with van der Waals surface area (Å²) in [5, 5.41) is 21.3. The van der Waals surface area contributed by atoms with Gasteiger partial charge in [-0.15, -0.1) is 0 Å². The average molecular weight is 234 g/mol. The van der Waals surface area contributed by atoms with Crippen molar-refractivity contribution in [1.29, 1.82) is 0 Å². The second-order valence-electron chi connectivity index (χ2n) is 3.44. The maximum Gasteiger partial charge on any atom is 0.303 e. The fourth-order valence-corrected chi connectivity index (χ4v) is 1.40. The summed E-state index contributed by atoms with van der Waals surface area (Å²) in [6.45, 7) is 0. The number of carbonyl (C=O) groups excluding carboxylic acids is 1. The van der Waals surface area contributed by atoms with Crippen LogP contribution < -0.4 is 5.32 Å². The SMILES string of the molecule is O=C(O)CCC(=O)Nc1cccc2n[nH]nc12. The molecule has 0 saturated carbocycles. The molecular weight excluding hydrogens is 224 g/mol. The molecule has 2 rings (SSSR count). The van der Waals surface area contributed by atoms with E-state index in [9.17, 15) is 9.59 Å². The summed E-state index contributed by atoms with van der Waals surface area (Å²) in [5.74, 6) is -1.36. The molecule has 0 spiro atoms. The maximum absolute atomic E-state index is 11.4. The van der Waals surface area contributed by atoms with E-state index in [2.05, 4.69) is 20.7 Å². The zero-order chi connectivity index (χ0) is 12.3. The molecule has 7 nitrogen and oxygen atoms in total. The molecule has 7 heteroatoms. The van der Waals surface area contributed by atoms with Crippen molar-refractivity contribution < 1.29 is 14.7 Å². The minimum Gasteiger partial charge on any atom is -0.481 e. The van der Waals surface area contributed by atoms with Gasteiger partial charge in [-0.25, -0.2) is 0 Å². The summed E-state index contributed by atoms with van der Waals surface area (Å²) in [6.07, 6.45) is -0.260. The molecule has 0 fully saturated rings. The van der Waals surface area contributed by atoms with Crippen molar-refractivity contribution in [1.82, 2.24) is 15.4 Å². The number of carboxylic acid groups (broad SMARTS) is 1. The Hall–Kier alpha value is -2.44. The minimum atomic E-state index is -1.00. The molecule has 0 bridgehead atoms. The van der Waals surface area contributed by atoms with Crippen molar-refractivity contribution in [3.8, 4) is 0 Å². The molecule has 0 aliphatic carbocycles. The molecule has 1 aromatic carbocycles. The van der Waals surface area contributed by atoms with E-state index < -0.39 is 5.97 Å². The van der Waals surface area contributed by atoms with Crippen molar-refractivity contribution in [2.75, 3.05) is 5.32 Å². The highest BCUT2D eigenvalue weighted by molar-refractivity contribution is 5.99. The topological polar surface area (TPSA) is 108 Å². The number of benzene rings is 1. The van der Waals surface area contributed by atoms with E-state index in [1.807, 2.05) is 0 Å². The number of nitrogens with zero attached hydrogens (tertiary/aromatic N) is 2. The van der Waals surface area contributed by atoms with Crippen LogP contribution in [0.3, 0.4) is 0 Å². The molecule has 0 atom stereocenters. The monoisotopic (exact) mass is 234 g/mol. The number of fused-ring (bicyclic) bond motifs is 1. The third kappa shape index (κ3) is 2.57. The molecule has 0 aliphatic heterocycles. The molecule has 0 radical (unpaired) electrons. The van der Waals surface area contributed by atoms with Crippen LogP contribution in [0, 0.1) is 0 Å². The van der Waals surface area contributed by atoms with E-state index in [0.29, 0.717) is 16.7 Å². The number of aromatic nitrogens is 3. The summed E-state index contributed by atoms with van der Waals surface area (Å²) >= 11 is 0. The number of hydrogen-bond donors (Lipinski definition) is 3. The molecule has 1 amide bonds. The first-order chi connectivity index (χ1) is 8.16. The number of hydrogen-bond acceptors (Lipinski definition) is 4.